The highest BCUT2D eigenvalue weighted by atomic mass is 19.4. The summed E-state index contributed by atoms with van der Waals surface area (Å²) in [5, 5.41) is 13.2. The Kier molecular flexibility index (Phi) is 5.00. The molecule has 0 bridgehead atoms. The summed E-state index contributed by atoms with van der Waals surface area (Å²) in [6, 6.07) is 10.9. The number of nitrogens with zero attached hydrogens (tertiary/aromatic N) is 1. The monoisotopic (exact) mass is 322 g/mol. The fraction of sp³-hybridized carbons (Fsp3) is 0.125. The number of hydrogen-bond acceptors (Lipinski definition) is 3. The maximum Gasteiger partial charge on any atom is 0.416 e. The van der Waals surface area contributed by atoms with Gasteiger partial charge in [-0.2, -0.15) is 18.3 Å². The fourth-order valence-corrected chi connectivity index (χ4v) is 1.85. The van der Waals surface area contributed by atoms with Crippen molar-refractivity contribution in [2.24, 2.45) is 5.10 Å². The molecule has 0 unspecified atom stereocenters. The van der Waals surface area contributed by atoms with Gasteiger partial charge in [0.2, 0.25) is 5.91 Å². The maximum absolute atomic E-state index is 12.6. The van der Waals surface area contributed by atoms with Crippen molar-refractivity contribution in [2.45, 2.75) is 12.6 Å². The first kappa shape index (κ1) is 16.5. The van der Waals surface area contributed by atoms with Gasteiger partial charge < -0.3 is 5.11 Å². The molecule has 1 amide bonds. The van der Waals surface area contributed by atoms with Gasteiger partial charge in [0, 0.05) is 5.56 Å². The van der Waals surface area contributed by atoms with Gasteiger partial charge in [-0.25, -0.2) is 5.43 Å². The van der Waals surface area contributed by atoms with Crippen molar-refractivity contribution in [3.63, 3.8) is 0 Å². The van der Waals surface area contributed by atoms with Crippen LogP contribution in [-0.4, -0.2) is 17.2 Å². The predicted molar refractivity (Wildman–Crippen MR) is 79.0 cm³/mol. The summed E-state index contributed by atoms with van der Waals surface area (Å²) < 4.78 is 37.8. The predicted octanol–water partition coefficient (Wildman–Crippen LogP) is 3.10. The number of phenolic OH excluding ortho intramolecular Hbond substituents is 1. The standard InChI is InChI=1S/C16H13F3N2O2/c17-16(18,19)13-6-3-4-11(8-13)9-15(23)21-20-10-12-5-1-2-7-14(12)22/h1-8,10,22H,9H2,(H,21,23)/b20-10-. The van der Waals surface area contributed by atoms with Crippen LogP contribution in [0.4, 0.5) is 13.2 Å². The lowest BCUT2D eigenvalue weighted by Crippen LogP contribution is -2.20. The third kappa shape index (κ3) is 4.84. The Balaban J connectivity index is 1.97. The third-order valence-corrected chi connectivity index (χ3v) is 2.95. The van der Waals surface area contributed by atoms with Crippen LogP contribution in [0.15, 0.2) is 53.6 Å². The second kappa shape index (κ2) is 6.95. The van der Waals surface area contributed by atoms with Crippen molar-refractivity contribution in [3.8, 4) is 5.75 Å². The zero-order valence-corrected chi connectivity index (χ0v) is 11.8. The highest BCUT2D eigenvalue weighted by Gasteiger charge is 2.30. The van der Waals surface area contributed by atoms with Crippen LogP contribution in [0.25, 0.3) is 0 Å². The van der Waals surface area contributed by atoms with Gasteiger partial charge in [-0.05, 0) is 23.8 Å². The summed E-state index contributed by atoms with van der Waals surface area (Å²) in [6.45, 7) is 0. The van der Waals surface area contributed by atoms with E-state index < -0.39 is 17.6 Å². The molecule has 2 aromatic rings. The summed E-state index contributed by atoms with van der Waals surface area (Å²) in [5.74, 6) is -0.556. The quantitative estimate of drug-likeness (QED) is 0.671. The zero-order valence-electron chi connectivity index (χ0n) is 11.8. The molecule has 0 fully saturated rings. The number of hydrogen-bond donors (Lipinski definition) is 2. The Bertz CT molecular complexity index is 727. The molecule has 0 spiro atoms. The van der Waals surface area contributed by atoms with Crippen LogP contribution in [0.2, 0.25) is 0 Å². The third-order valence-electron chi connectivity index (χ3n) is 2.95. The normalized spacial score (nSPS) is 11.6. The highest BCUT2D eigenvalue weighted by Crippen LogP contribution is 2.29. The summed E-state index contributed by atoms with van der Waals surface area (Å²) in [5.41, 5.74) is 2.04. The number of phenols is 1. The number of halogens is 3. The smallest absolute Gasteiger partial charge is 0.416 e. The molecule has 2 aromatic carbocycles. The van der Waals surface area contributed by atoms with Gasteiger partial charge >= 0.3 is 6.18 Å². The van der Waals surface area contributed by atoms with E-state index in [1.807, 2.05) is 0 Å². The molecule has 2 N–H and O–H groups in total. The van der Waals surface area contributed by atoms with E-state index in [1.165, 1.54) is 24.4 Å². The largest absolute Gasteiger partial charge is 0.507 e. The Morgan fingerprint density at radius 1 is 1.17 bits per heavy atom. The minimum atomic E-state index is -4.45. The molecule has 0 aliphatic carbocycles. The van der Waals surface area contributed by atoms with Crippen LogP contribution in [0, 0.1) is 0 Å². The first-order valence-electron chi connectivity index (χ1n) is 6.62. The average molecular weight is 322 g/mol. The zero-order chi connectivity index (χ0) is 16.9. The topological polar surface area (TPSA) is 61.7 Å². The van der Waals surface area contributed by atoms with Crippen LogP contribution < -0.4 is 5.43 Å². The number of carbonyl (C=O) groups excluding carboxylic acids is 1. The van der Waals surface area contributed by atoms with Gasteiger partial charge in [0.05, 0.1) is 18.2 Å². The van der Waals surface area contributed by atoms with Gasteiger partial charge in [0.25, 0.3) is 0 Å². The lowest BCUT2D eigenvalue weighted by molar-refractivity contribution is -0.137. The Labute approximate surface area is 130 Å². The molecule has 0 radical (unpaired) electrons. The molecular weight excluding hydrogens is 309 g/mol. The molecule has 0 aliphatic heterocycles. The number of para-hydroxylation sites is 1. The van der Waals surface area contributed by atoms with Crippen molar-refractivity contribution in [1.29, 1.82) is 0 Å². The number of hydrazone groups is 1. The summed E-state index contributed by atoms with van der Waals surface area (Å²) in [6.07, 6.45) is -3.43. The van der Waals surface area contributed by atoms with E-state index in [9.17, 15) is 23.1 Å². The fourth-order valence-electron chi connectivity index (χ4n) is 1.85. The molecule has 0 saturated heterocycles. The molecule has 7 heteroatoms. The molecule has 0 aromatic heterocycles. The van der Waals surface area contributed by atoms with Gasteiger partial charge in [0.1, 0.15) is 5.75 Å². The highest BCUT2D eigenvalue weighted by molar-refractivity contribution is 5.85. The minimum Gasteiger partial charge on any atom is -0.507 e. The summed E-state index contributed by atoms with van der Waals surface area (Å²) >= 11 is 0. The van der Waals surface area contributed by atoms with E-state index in [0.29, 0.717) is 5.56 Å². The van der Waals surface area contributed by atoms with Crippen LogP contribution in [0.1, 0.15) is 16.7 Å². The summed E-state index contributed by atoms with van der Waals surface area (Å²) in [7, 11) is 0. The number of rotatable bonds is 4. The van der Waals surface area contributed by atoms with Crippen LogP contribution >= 0.6 is 0 Å². The first-order chi connectivity index (χ1) is 10.9. The van der Waals surface area contributed by atoms with Crippen molar-refractivity contribution in [3.05, 3.63) is 65.2 Å². The van der Waals surface area contributed by atoms with E-state index in [2.05, 4.69) is 10.5 Å². The number of carbonyl (C=O) groups is 1. The Morgan fingerprint density at radius 2 is 1.91 bits per heavy atom. The molecule has 0 aliphatic rings. The van der Waals surface area contributed by atoms with E-state index in [4.69, 9.17) is 0 Å². The minimum absolute atomic E-state index is 0.00313. The van der Waals surface area contributed by atoms with Crippen molar-refractivity contribution < 1.29 is 23.1 Å². The van der Waals surface area contributed by atoms with Crippen molar-refractivity contribution >= 4 is 12.1 Å². The van der Waals surface area contributed by atoms with Crippen molar-refractivity contribution in [2.75, 3.05) is 0 Å². The summed E-state index contributed by atoms with van der Waals surface area (Å²) in [4.78, 5) is 11.7. The SMILES string of the molecule is O=C(Cc1cccc(C(F)(F)F)c1)N/N=C\c1ccccc1O. The molecule has 0 heterocycles. The molecule has 0 saturated carbocycles. The molecule has 2 rings (SSSR count). The lowest BCUT2D eigenvalue weighted by atomic mass is 10.1. The van der Waals surface area contributed by atoms with E-state index in [0.717, 1.165) is 12.1 Å². The number of benzene rings is 2. The van der Waals surface area contributed by atoms with E-state index in [-0.39, 0.29) is 17.7 Å². The number of nitrogens with one attached hydrogen (secondary N) is 1. The van der Waals surface area contributed by atoms with Crippen molar-refractivity contribution in [1.82, 2.24) is 5.43 Å². The van der Waals surface area contributed by atoms with Gasteiger partial charge in [-0.3, -0.25) is 4.79 Å². The van der Waals surface area contributed by atoms with Crippen LogP contribution in [0.3, 0.4) is 0 Å². The van der Waals surface area contributed by atoms with Gasteiger partial charge in [-0.15, -0.1) is 0 Å². The molecule has 4 nitrogen and oxygen atoms in total. The van der Waals surface area contributed by atoms with Gasteiger partial charge in [-0.1, -0.05) is 30.3 Å². The van der Waals surface area contributed by atoms with E-state index >= 15 is 0 Å². The lowest BCUT2D eigenvalue weighted by Gasteiger charge is -2.08. The average Bonchev–Trinajstić information content (AvgIpc) is 2.48. The first-order valence-corrected chi connectivity index (χ1v) is 6.62. The number of amides is 1. The van der Waals surface area contributed by atoms with Gasteiger partial charge in [0.15, 0.2) is 0 Å². The second-order valence-corrected chi connectivity index (χ2v) is 4.73. The molecule has 120 valence electrons. The number of alkyl halides is 3. The molecule has 23 heavy (non-hydrogen) atoms. The maximum atomic E-state index is 12.6. The molecular formula is C16H13F3N2O2. The second-order valence-electron chi connectivity index (χ2n) is 4.73. The molecule has 0 atom stereocenters. The Morgan fingerprint density at radius 3 is 2.61 bits per heavy atom. The van der Waals surface area contributed by atoms with E-state index in [1.54, 1.807) is 18.2 Å². The number of aromatic hydroxyl groups is 1. The Hall–Kier alpha value is -2.83. The van der Waals surface area contributed by atoms with Crippen LogP contribution in [-0.2, 0) is 17.4 Å². The van der Waals surface area contributed by atoms with Crippen LogP contribution in [0.5, 0.6) is 5.75 Å².